The van der Waals surface area contributed by atoms with Gasteiger partial charge in [-0.05, 0) is 24.3 Å². The van der Waals surface area contributed by atoms with Crippen LogP contribution < -0.4 is 4.74 Å². The molecule has 0 atom stereocenters. The SMILES string of the molecule is FC(F)(F)c1cccc(-c2noc(CSC3=Nc4ccccc4OC3)n2)c1. The maximum absolute atomic E-state index is 12.8. The molecule has 0 spiro atoms. The van der Waals surface area contributed by atoms with Gasteiger partial charge in [0, 0.05) is 5.56 Å². The average Bonchev–Trinajstić information content (AvgIpc) is 3.15. The first-order valence-corrected chi connectivity index (χ1v) is 8.90. The summed E-state index contributed by atoms with van der Waals surface area (Å²) in [5.41, 5.74) is 0.242. The molecular formula is C18H12F3N3O2S. The lowest BCUT2D eigenvalue weighted by Gasteiger charge is -2.15. The Labute approximate surface area is 156 Å². The van der Waals surface area contributed by atoms with Crippen LogP contribution in [0.25, 0.3) is 11.4 Å². The highest BCUT2D eigenvalue weighted by Crippen LogP contribution is 2.33. The van der Waals surface area contributed by atoms with E-state index in [1.54, 1.807) is 0 Å². The van der Waals surface area contributed by atoms with E-state index in [4.69, 9.17) is 9.26 Å². The number of fused-ring (bicyclic) bond motifs is 1. The molecule has 27 heavy (non-hydrogen) atoms. The number of ether oxygens (including phenoxy) is 1. The van der Waals surface area contributed by atoms with E-state index in [-0.39, 0.29) is 11.4 Å². The van der Waals surface area contributed by atoms with Crippen molar-refractivity contribution >= 4 is 22.5 Å². The summed E-state index contributed by atoms with van der Waals surface area (Å²) in [4.78, 5) is 8.67. The van der Waals surface area contributed by atoms with Gasteiger partial charge in [-0.3, -0.25) is 0 Å². The molecule has 0 saturated carbocycles. The fourth-order valence-corrected chi connectivity index (χ4v) is 3.17. The van der Waals surface area contributed by atoms with Crippen LogP contribution in [0.15, 0.2) is 58.0 Å². The van der Waals surface area contributed by atoms with Crippen molar-refractivity contribution in [2.24, 2.45) is 4.99 Å². The molecule has 5 nitrogen and oxygen atoms in total. The molecule has 4 rings (SSSR count). The fourth-order valence-electron chi connectivity index (χ4n) is 2.46. The smallest absolute Gasteiger partial charge is 0.416 e. The molecule has 2 heterocycles. The summed E-state index contributed by atoms with van der Waals surface area (Å²) in [7, 11) is 0. The predicted molar refractivity (Wildman–Crippen MR) is 95.1 cm³/mol. The number of hydrogen-bond acceptors (Lipinski definition) is 6. The molecule has 0 bridgehead atoms. The molecule has 3 aromatic rings. The lowest BCUT2D eigenvalue weighted by Crippen LogP contribution is -2.12. The Balaban J connectivity index is 1.46. The molecule has 9 heteroatoms. The number of aliphatic imine (C=N–C) groups is 1. The zero-order valence-corrected chi connectivity index (χ0v) is 14.5. The number of nitrogens with zero attached hydrogens (tertiary/aromatic N) is 3. The van der Waals surface area contributed by atoms with Crippen LogP contribution in [0.5, 0.6) is 5.75 Å². The number of para-hydroxylation sites is 2. The van der Waals surface area contributed by atoms with Crippen molar-refractivity contribution in [3.63, 3.8) is 0 Å². The normalized spacial score (nSPS) is 13.7. The number of benzene rings is 2. The summed E-state index contributed by atoms with van der Waals surface area (Å²) in [5, 5.41) is 4.53. The summed E-state index contributed by atoms with van der Waals surface area (Å²) in [5.74, 6) is 1.49. The van der Waals surface area contributed by atoms with E-state index in [9.17, 15) is 13.2 Å². The standard InChI is InChI=1S/C18H12F3N3O2S/c19-18(20,21)12-5-3-4-11(8-12)17-23-15(26-24-17)10-27-16-9-25-14-7-2-1-6-13(14)22-16/h1-8H,9-10H2. The topological polar surface area (TPSA) is 60.5 Å². The van der Waals surface area contributed by atoms with Gasteiger partial charge in [0.15, 0.2) is 0 Å². The Morgan fingerprint density at radius 1 is 1.07 bits per heavy atom. The Kier molecular flexibility index (Phi) is 4.61. The van der Waals surface area contributed by atoms with Crippen molar-refractivity contribution in [3.05, 3.63) is 60.0 Å². The van der Waals surface area contributed by atoms with Gasteiger partial charge in [-0.1, -0.05) is 41.2 Å². The van der Waals surface area contributed by atoms with Gasteiger partial charge >= 0.3 is 6.18 Å². The molecule has 2 aromatic carbocycles. The average molecular weight is 391 g/mol. The first-order valence-electron chi connectivity index (χ1n) is 7.91. The van der Waals surface area contributed by atoms with Crippen LogP contribution in [0.3, 0.4) is 0 Å². The van der Waals surface area contributed by atoms with Gasteiger partial charge in [0.25, 0.3) is 0 Å². The quantitative estimate of drug-likeness (QED) is 0.621. The number of halogens is 3. The predicted octanol–water partition coefficient (Wildman–Crippen LogP) is 5.11. The van der Waals surface area contributed by atoms with E-state index in [1.807, 2.05) is 24.3 Å². The molecule has 0 unspecified atom stereocenters. The van der Waals surface area contributed by atoms with Gasteiger partial charge in [0.05, 0.1) is 11.3 Å². The largest absolute Gasteiger partial charge is 0.484 e. The van der Waals surface area contributed by atoms with Gasteiger partial charge in [0.2, 0.25) is 11.7 Å². The minimum absolute atomic E-state index is 0.115. The van der Waals surface area contributed by atoms with Crippen molar-refractivity contribution in [1.82, 2.24) is 10.1 Å². The molecule has 0 aliphatic carbocycles. The summed E-state index contributed by atoms with van der Waals surface area (Å²) in [6.45, 7) is 0.344. The molecule has 0 radical (unpaired) electrons. The fraction of sp³-hybridized carbons (Fsp3) is 0.167. The van der Waals surface area contributed by atoms with Gasteiger partial charge < -0.3 is 9.26 Å². The van der Waals surface area contributed by atoms with E-state index in [0.29, 0.717) is 18.3 Å². The summed E-state index contributed by atoms with van der Waals surface area (Å²) >= 11 is 1.38. The van der Waals surface area contributed by atoms with E-state index in [0.717, 1.165) is 28.6 Å². The van der Waals surface area contributed by atoms with Crippen LogP contribution in [0.2, 0.25) is 0 Å². The molecule has 1 aromatic heterocycles. The number of hydrogen-bond donors (Lipinski definition) is 0. The molecule has 0 N–H and O–H groups in total. The second kappa shape index (κ2) is 7.07. The third-order valence-corrected chi connectivity index (χ3v) is 4.67. The highest BCUT2D eigenvalue weighted by atomic mass is 32.2. The van der Waals surface area contributed by atoms with Crippen LogP contribution in [0, 0.1) is 0 Å². The van der Waals surface area contributed by atoms with Crippen molar-refractivity contribution in [2.45, 2.75) is 11.9 Å². The maximum Gasteiger partial charge on any atom is 0.416 e. The molecule has 0 fully saturated rings. The van der Waals surface area contributed by atoms with E-state index in [2.05, 4.69) is 15.1 Å². The first kappa shape index (κ1) is 17.6. The van der Waals surface area contributed by atoms with E-state index < -0.39 is 11.7 Å². The monoisotopic (exact) mass is 391 g/mol. The third kappa shape index (κ3) is 3.97. The van der Waals surface area contributed by atoms with Crippen LogP contribution >= 0.6 is 11.8 Å². The van der Waals surface area contributed by atoms with Crippen molar-refractivity contribution in [1.29, 1.82) is 0 Å². The molecule has 1 aliphatic heterocycles. The van der Waals surface area contributed by atoms with Crippen molar-refractivity contribution < 1.29 is 22.4 Å². The van der Waals surface area contributed by atoms with Gasteiger partial charge in [-0.15, -0.1) is 0 Å². The lowest BCUT2D eigenvalue weighted by molar-refractivity contribution is -0.137. The molecular weight excluding hydrogens is 379 g/mol. The number of aromatic nitrogens is 2. The van der Waals surface area contributed by atoms with Gasteiger partial charge in [-0.2, -0.15) is 18.2 Å². The Morgan fingerprint density at radius 3 is 2.78 bits per heavy atom. The first-order chi connectivity index (χ1) is 13.0. The van der Waals surface area contributed by atoms with Gasteiger partial charge in [0.1, 0.15) is 23.1 Å². The van der Waals surface area contributed by atoms with E-state index >= 15 is 0 Å². The van der Waals surface area contributed by atoms with Crippen LogP contribution in [-0.4, -0.2) is 21.8 Å². The Morgan fingerprint density at radius 2 is 1.93 bits per heavy atom. The second-order valence-electron chi connectivity index (χ2n) is 5.64. The highest BCUT2D eigenvalue weighted by molar-refractivity contribution is 8.13. The summed E-state index contributed by atoms with van der Waals surface area (Å²) in [6, 6.07) is 12.3. The highest BCUT2D eigenvalue weighted by Gasteiger charge is 2.30. The Hall–Kier alpha value is -2.81. The van der Waals surface area contributed by atoms with Crippen LogP contribution in [-0.2, 0) is 11.9 Å². The summed E-state index contributed by atoms with van der Waals surface area (Å²) in [6.07, 6.45) is -4.42. The van der Waals surface area contributed by atoms with Crippen LogP contribution in [0.4, 0.5) is 18.9 Å². The number of thioether (sulfide) groups is 1. The van der Waals surface area contributed by atoms with Crippen molar-refractivity contribution in [2.75, 3.05) is 6.61 Å². The maximum atomic E-state index is 12.8. The van der Waals surface area contributed by atoms with E-state index in [1.165, 1.54) is 23.9 Å². The lowest BCUT2D eigenvalue weighted by atomic mass is 10.1. The van der Waals surface area contributed by atoms with Crippen LogP contribution in [0.1, 0.15) is 11.5 Å². The zero-order valence-electron chi connectivity index (χ0n) is 13.7. The second-order valence-corrected chi connectivity index (χ2v) is 6.69. The zero-order chi connectivity index (χ0) is 18.9. The minimum Gasteiger partial charge on any atom is -0.484 e. The third-order valence-electron chi connectivity index (χ3n) is 3.74. The number of alkyl halides is 3. The molecule has 138 valence electrons. The van der Waals surface area contributed by atoms with Gasteiger partial charge in [-0.25, -0.2) is 4.99 Å². The molecule has 0 amide bonds. The molecule has 0 saturated heterocycles. The van der Waals surface area contributed by atoms with Crippen molar-refractivity contribution in [3.8, 4) is 17.1 Å². The summed E-state index contributed by atoms with van der Waals surface area (Å²) < 4.78 is 49.3. The minimum atomic E-state index is -4.42. The Bertz CT molecular complexity index is 1000. The number of rotatable bonds is 3. The molecule has 1 aliphatic rings.